The number of hydrogen-bond acceptors (Lipinski definition) is 6. The van der Waals surface area contributed by atoms with Gasteiger partial charge in [0.2, 0.25) is 10.0 Å². The van der Waals surface area contributed by atoms with E-state index in [1.807, 2.05) is 0 Å². The number of methoxy groups -OCH3 is 2. The molecule has 0 heterocycles. The van der Waals surface area contributed by atoms with Crippen LogP contribution in [-0.4, -0.2) is 52.9 Å². The van der Waals surface area contributed by atoms with Crippen molar-refractivity contribution < 1.29 is 27.5 Å². The Balaban J connectivity index is 2.32. The molecule has 0 aliphatic carbocycles. The van der Waals surface area contributed by atoms with Crippen LogP contribution in [0.25, 0.3) is 0 Å². The van der Waals surface area contributed by atoms with E-state index >= 15 is 0 Å². The van der Waals surface area contributed by atoms with Crippen molar-refractivity contribution in [2.24, 2.45) is 0 Å². The average molecular weight is 392 g/mol. The second-order valence-electron chi connectivity index (χ2n) is 5.67. The minimum absolute atomic E-state index is 0.0182. The van der Waals surface area contributed by atoms with Crippen LogP contribution in [0.5, 0.6) is 5.75 Å². The fourth-order valence-corrected chi connectivity index (χ4v) is 3.15. The third-order valence-corrected chi connectivity index (χ3v) is 5.58. The van der Waals surface area contributed by atoms with E-state index in [1.54, 1.807) is 0 Å². The van der Waals surface area contributed by atoms with E-state index in [0.717, 1.165) is 4.31 Å². The topological polar surface area (TPSA) is 102 Å². The Hall–Kier alpha value is -2.91. The molecule has 1 N–H and O–H groups in total. The van der Waals surface area contributed by atoms with E-state index in [2.05, 4.69) is 10.1 Å². The highest BCUT2D eigenvalue weighted by Crippen LogP contribution is 2.29. The lowest BCUT2D eigenvalue weighted by Crippen LogP contribution is -2.22. The molecule has 2 aromatic rings. The van der Waals surface area contributed by atoms with Crippen LogP contribution in [0.3, 0.4) is 0 Å². The predicted molar refractivity (Wildman–Crippen MR) is 99.6 cm³/mol. The number of ether oxygens (including phenoxy) is 2. The maximum absolute atomic E-state index is 12.5. The molecule has 0 fully saturated rings. The quantitative estimate of drug-likeness (QED) is 0.755. The number of nitrogens with zero attached hydrogens (tertiary/aromatic N) is 1. The third kappa shape index (κ3) is 4.44. The third-order valence-electron chi connectivity index (χ3n) is 3.77. The Bertz CT molecular complexity index is 952. The number of carbonyl (C=O) groups excluding carboxylic acids is 2. The smallest absolute Gasteiger partial charge is 0.337 e. The number of amides is 1. The van der Waals surface area contributed by atoms with Crippen LogP contribution < -0.4 is 10.1 Å². The van der Waals surface area contributed by atoms with Gasteiger partial charge in [0.05, 0.1) is 30.4 Å². The molecule has 27 heavy (non-hydrogen) atoms. The minimum Gasteiger partial charge on any atom is -0.495 e. The van der Waals surface area contributed by atoms with E-state index in [-0.39, 0.29) is 16.1 Å². The Labute approximate surface area is 157 Å². The van der Waals surface area contributed by atoms with E-state index in [1.165, 1.54) is 70.8 Å². The summed E-state index contributed by atoms with van der Waals surface area (Å²) in [6.45, 7) is 0. The van der Waals surface area contributed by atoms with E-state index in [4.69, 9.17) is 4.74 Å². The van der Waals surface area contributed by atoms with E-state index in [0.29, 0.717) is 11.3 Å². The molecular weight excluding hydrogens is 372 g/mol. The lowest BCUT2D eigenvalue weighted by Gasteiger charge is -2.15. The molecule has 2 rings (SSSR count). The largest absolute Gasteiger partial charge is 0.495 e. The summed E-state index contributed by atoms with van der Waals surface area (Å²) in [5.74, 6) is -0.679. The zero-order valence-electron chi connectivity index (χ0n) is 15.3. The maximum Gasteiger partial charge on any atom is 0.337 e. The summed E-state index contributed by atoms with van der Waals surface area (Å²) < 4.78 is 35.5. The molecule has 9 heteroatoms. The average Bonchev–Trinajstić information content (AvgIpc) is 2.67. The van der Waals surface area contributed by atoms with Crippen LogP contribution >= 0.6 is 0 Å². The molecule has 0 atom stereocenters. The van der Waals surface area contributed by atoms with Gasteiger partial charge >= 0.3 is 5.97 Å². The van der Waals surface area contributed by atoms with Crippen LogP contribution in [-0.2, 0) is 14.8 Å². The number of nitrogens with one attached hydrogen (secondary N) is 1. The van der Waals surface area contributed by atoms with Gasteiger partial charge in [-0.25, -0.2) is 17.5 Å². The number of anilines is 1. The van der Waals surface area contributed by atoms with Crippen molar-refractivity contribution in [3.63, 3.8) is 0 Å². The minimum atomic E-state index is -3.67. The fourth-order valence-electron chi connectivity index (χ4n) is 2.23. The zero-order chi connectivity index (χ0) is 20.2. The number of hydrogen-bond donors (Lipinski definition) is 1. The van der Waals surface area contributed by atoms with Crippen molar-refractivity contribution in [2.45, 2.75) is 4.90 Å². The molecule has 0 aliphatic heterocycles. The van der Waals surface area contributed by atoms with Crippen molar-refractivity contribution in [2.75, 3.05) is 33.6 Å². The Morgan fingerprint density at radius 3 is 2.07 bits per heavy atom. The molecule has 0 saturated carbocycles. The van der Waals surface area contributed by atoms with Crippen LogP contribution in [0.4, 0.5) is 5.69 Å². The normalized spacial score (nSPS) is 11.1. The summed E-state index contributed by atoms with van der Waals surface area (Å²) in [5, 5.41) is 2.63. The molecule has 0 aliphatic rings. The molecule has 1 amide bonds. The Morgan fingerprint density at radius 1 is 0.963 bits per heavy atom. The summed E-state index contributed by atoms with van der Waals surface area (Å²) in [7, 11) is 1.85. The molecule has 0 saturated heterocycles. The molecule has 0 aromatic heterocycles. The molecule has 0 unspecified atom stereocenters. The van der Waals surface area contributed by atoms with Crippen molar-refractivity contribution in [1.82, 2.24) is 4.31 Å². The maximum atomic E-state index is 12.5. The van der Waals surface area contributed by atoms with Crippen LogP contribution in [0.2, 0.25) is 0 Å². The summed E-state index contributed by atoms with van der Waals surface area (Å²) in [6.07, 6.45) is 0. The summed E-state index contributed by atoms with van der Waals surface area (Å²) in [4.78, 5) is 24.0. The second-order valence-corrected chi connectivity index (χ2v) is 7.82. The highest BCUT2D eigenvalue weighted by atomic mass is 32.2. The SMILES string of the molecule is COC(=O)c1ccc(C(=O)Nc2cc(S(=O)(=O)N(C)C)ccc2OC)cc1. The predicted octanol–water partition coefficient (Wildman–Crippen LogP) is 1.98. The van der Waals surface area contributed by atoms with E-state index < -0.39 is 21.9 Å². The standard InChI is InChI=1S/C18H20N2O6S/c1-20(2)27(23,24)14-9-10-16(25-3)15(11-14)19-17(21)12-5-7-13(8-6-12)18(22)26-4/h5-11H,1-4H3,(H,19,21). The number of rotatable bonds is 6. The van der Waals surface area contributed by atoms with E-state index in [9.17, 15) is 18.0 Å². The first-order chi connectivity index (χ1) is 12.7. The molecular formula is C18H20N2O6S. The highest BCUT2D eigenvalue weighted by Gasteiger charge is 2.20. The lowest BCUT2D eigenvalue weighted by atomic mass is 10.1. The van der Waals surface area contributed by atoms with Crippen molar-refractivity contribution >= 4 is 27.6 Å². The fraction of sp³-hybridized carbons (Fsp3) is 0.222. The van der Waals surface area contributed by atoms with Gasteiger partial charge in [-0.2, -0.15) is 0 Å². The van der Waals surface area contributed by atoms with Gasteiger partial charge in [-0.15, -0.1) is 0 Å². The number of sulfonamides is 1. The zero-order valence-corrected chi connectivity index (χ0v) is 16.2. The van der Waals surface area contributed by atoms with Gasteiger partial charge in [0.25, 0.3) is 5.91 Å². The first kappa shape index (κ1) is 20.4. The van der Waals surface area contributed by atoms with Crippen molar-refractivity contribution in [3.8, 4) is 5.75 Å². The summed E-state index contributed by atoms with van der Waals surface area (Å²) in [5.41, 5.74) is 0.804. The molecule has 2 aromatic carbocycles. The molecule has 0 bridgehead atoms. The first-order valence-electron chi connectivity index (χ1n) is 7.81. The monoisotopic (exact) mass is 392 g/mol. The van der Waals surface area contributed by atoms with Crippen molar-refractivity contribution in [3.05, 3.63) is 53.6 Å². The highest BCUT2D eigenvalue weighted by molar-refractivity contribution is 7.89. The number of carbonyl (C=O) groups is 2. The lowest BCUT2D eigenvalue weighted by molar-refractivity contribution is 0.0600. The van der Waals surface area contributed by atoms with Crippen LogP contribution in [0, 0.1) is 0 Å². The van der Waals surface area contributed by atoms with Gasteiger partial charge < -0.3 is 14.8 Å². The Morgan fingerprint density at radius 2 is 1.56 bits per heavy atom. The molecule has 8 nitrogen and oxygen atoms in total. The number of esters is 1. The number of benzene rings is 2. The van der Waals surface area contributed by atoms with Gasteiger partial charge in [-0.1, -0.05) is 0 Å². The molecule has 0 spiro atoms. The van der Waals surface area contributed by atoms with Gasteiger partial charge in [0.1, 0.15) is 5.75 Å². The molecule has 144 valence electrons. The van der Waals surface area contributed by atoms with Crippen molar-refractivity contribution in [1.29, 1.82) is 0 Å². The van der Waals surface area contributed by atoms with Gasteiger partial charge in [-0.05, 0) is 42.5 Å². The molecule has 0 radical (unpaired) electrons. The van der Waals surface area contributed by atoms with Crippen LogP contribution in [0.15, 0.2) is 47.4 Å². The Kier molecular flexibility index (Phi) is 6.19. The van der Waals surface area contributed by atoms with Gasteiger partial charge in [0.15, 0.2) is 0 Å². The van der Waals surface area contributed by atoms with Gasteiger partial charge in [-0.3, -0.25) is 4.79 Å². The van der Waals surface area contributed by atoms with Gasteiger partial charge in [0, 0.05) is 19.7 Å². The first-order valence-corrected chi connectivity index (χ1v) is 9.25. The second kappa shape index (κ2) is 8.19. The summed E-state index contributed by atoms with van der Waals surface area (Å²) >= 11 is 0. The summed E-state index contributed by atoms with van der Waals surface area (Å²) in [6, 6.07) is 10.1. The van der Waals surface area contributed by atoms with Crippen LogP contribution in [0.1, 0.15) is 20.7 Å².